The molecule has 2 aromatic heterocycles. The summed E-state index contributed by atoms with van der Waals surface area (Å²) in [6.07, 6.45) is 1.09. The van der Waals surface area contributed by atoms with Crippen molar-refractivity contribution in [2.75, 3.05) is 5.32 Å². The van der Waals surface area contributed by atoms with E-state index in [9.17, 15) is 13.6 Å². The Morgan fingerprint density at radius 1 is 1.20 bits per heavy atom. The highest BCUT2D eigenvalue weighted by atomic mass is 32.1. The van der Waals surface area contributed by atoms with E-state index in [2.05, 4.69) is 20.6 Å². The summed E-state index contributed by atoms with van der Waals surface area (Å²) in [5, 5.41) is 6.07. The Morgan fingerprint density at radius 2 is 2.00 bits per heavy atom. The van der Waals surface area contributed by atoms with E-state index < -0.39 is 5.82 Å². The molecule has 0 aliphatic heterocycles. The van der Waals surface area contributed by atoms with Gasteiger partial charge in [0.05, 0.1) is 11.9 Å². The van der Waals surface area contributed by atoms with Crippen molar-refractivity contribution >= 4 is 28.2 Å². The number of hydrogen-bond donors (Lipinski definition) is 2. The fourth-order valence-corrected chi connectivity index (χ4v) is 3.01. The van der Waals surface area contributed by atoms with Crippen LogP contribution in [0.15, 0.2) is 42.6 Å². The van der Waals surface area contributed by atoms with Crippen LogP contribution in [0.1, 0.15) is 20.9 Å². The molecule has 0 aliphatic carbocycles. The molecule has 128 valence electrons. The molecule has 25 heavy (non-hydrogen) atoms. The smallest absolute Gasteiger partial charge is 0.263 e. The van der Waals surface area contributed by atoms with Crippen LogP contribution in [-0.2, 0) is 6.54 Å². The van der Waals surface area contributed by atoms with Crippen molar-refractivity contribution in [3.8, 4) is 0 Å². The van der Waals surface area contributed by atoms with Gasteiger partial charge in [-0.3, -0.25) is 4.79 Å². The van der Waals surface area contributed by atoms with Gasteiger partial charge in [-0.1, -0.05) is 29.5 Å². The molecule has 0 fully saturated rings. The van der Waals surface area contributed by atoms with Crippen molar-refractivity contribution in [3.63, 3.8) is 0 Å². The molecule has 1 aromatic carbocycles. The number of carbonyl (C=O) groups excluding carboxylic acids is 1. The summed E-state index contributed by atoms with van der Waals surface area (Å²) in [7, 11) is 0. The van der Waals surface area contributed by atoms with Gasteiger partial charge in [-0.15, -0.1) is 0 Å². The topological polar surface area (TPSA) is 66.9 Å². The number of pyridine rings is 1. The van der Waals surface area contributed by atoms with E-state index in [-0.39, 0.29) is 18.3 Å². The molecule has 0 radical (unpaired) electrons. The lowest BCUT2D eigenvalue weighted by molar-refractivity contribution is 0.0954. The largest absolute Gasteiger partial charge is 0.347 e. The lowest BCUT2D eigenvalue weighted by Crippen LogP contribution is -2.23. The van der Waals surface area contributed by atoms with Crippen LogP contribution in [0, 0.1) is 18.6 Å². The molecule has 8 heteroatoms. The maximum atomic E-state index is 13.6. The molecule has 2 N–H and O–H groups in total. The number of aryl methyl sites for hydroxylation is 1. The van der Waals surface area contributed by atoms with Gasteiger partial charge in [0.1, 0.15) is 22.3 Å². The first kappa shape index (κ1) is 17.0. The molecule has 0 aliphatic rings. The number of nitrogens with one attached hydrogen (secondary N) is 2. The average molecular weight is 360 g/mol. The molecule has 2 heterocycles. The fraction of sp³-hybridized carbons (Fsp3) is 0.118. The number of thiazole rings is 1. The lowest BCUT2D eigenvalue weighted by Gasteiger charge is -2.05. The van der Waals surface area contributed by atoms with Gasteiger partial charge in [-0.05, 0) is 25.1 Å². The number of aromatic nitrogens is 2. The Balaban J connectivity index is 1.68. The predicted molar refractivity (Wildman–Crippen MR) is 91.9 cm³/mol. The molecule has 0 bridgehead atoms. The number of amides is 1. The maximum absolute atomic E-state index is 13.6. The van der Waals surface area contributed by atoms with E-state index >= 15 is 0 Å². The van der Waals surface area contributed by atoms with Crippen LogP contribution in [0.2, 0.25) is 0 Å². The second-order valence-electron chi connectivity index (χ2n) is 5.19. The molecule has 0 saturated heterocycles. The minimum Gasteiger partial charge on any atom is -0.347 e. The number of benzene rings is 1. The third-order valence-electron chi connectivity index (χ3n) is 3.36. The van der Waals surface area contributed by atoms with E-state index in [1.165, 1.54) is 18.2 Å². The summed E-state index contributed by atoms with van der Waals surface area (Å²) in [5.41, 5.74) is 0.951. The van der Waals surface area contributed by atoms with Crippen molar-refractivity contribution < 1.29 is 13.6 Å². The van der Waals surface area contributed by atoms with E-state index in [1.807, 2.05) is 0 Å². The van der Waals surface area contributed by atoms with E-state index in [4.69, 9.17) is 0 Å². The minimum atomic E-state index is -0.436. The first-order valence-corrected chi connectivity index (χ1v) is 8.22. The number of hydrogen-bond acceptors (Lipinski definition) is 5. The predicted octanol–water partition coefficient (Wildman–Crippen LogP) is 3.80. The normalized spacial score (nSPS) is 10.5. The number of rotatable bonds is 5. The average Bonchev–Trinajstić information content (AvgIpc) is 2.96. The quantitative estimate of drug-likeness (QED) is 0.726. The highest BCUT2D eigenvalue weighted by Crippen LogP contribution is 2.25. The summed E-state index contributed by atoms with van der Waals surface area (Å²) in [5.74, 6) is -0.713. The van der Waals surface area contributed by atoms with Crippen LogP contribution in [0.3, 0.4) is 0 Å². The van der Waals surface area contributed by atoms with E-state index in [0.717, 1.165) is 17.5 Å². The Morgan fingerprint density at radius 3 is 2.72 bits per heavy atom. The van der Waals surface area contributed by atoms with E-state index in [0.29, 0.717) is 27.1 Å². The summed E-state index contributed by atoms with van der Waals surface area (Å²) in [4.78, 5) is 20.9. The molecular formula is C17H14F2N4OS. The van der Waals surface area contributed by atoms with Crippen LogP contribution in [0.5, 0.6) is 0 Å². The highest BCUT2D eigenvalue weighted by molar-refractivity contribution is 7.17. The van der Waals surface area contributed by atoms with Crippen LogP contribution in [0.25, 0.3) is 0 Å². The van der Waals surface area contributed by atoms with Crippen molar-refractivity contribution in [1.29, 1.82) is 0 Å². The highest BCUT2D eigenvalue weighted by Gasteiger charge is 2.16. The number of anilines is 2. The van der Waals surface area contributed by atoms with Crippen molar-refractivity contribution in [3.05, 3.63) is 70.4 Å². The number of nitrogens with zero attached hydrogens (tertiary/aromatic N) is 2. The zero-order valence-corrected chi connectivity index (χ0v) is 14.0. The molecule has 1 amide bonds. The molecule has 0 unspecified atom stereocenters. The SMILES string of the molecule is Cc1nc(Nc2ccc(F)cn2)sc1C(=O)NCc1ccccc1F. The van der Waals surface area contributed by atoms with Gasteiger partial charge >= 0.3 is 0 Å². The summed E-state index contributed by atoms with van der Waals surface area (Å²) < 4.78 is 26.5. The Hall–Kier alpha value is -2.87. The fourth-order valence-electron chi connectivity index (χ4n) is 2.12. The number of carbonyl (C=O) groups is 1. The molecule has 5 nitrogen and oxygen atoms in total. The van der Waals surface area contributed by atoms with Gasteiger partial charge in [0.25, 0.3) is 5.91 Å². The van der Waals surface area contributed by atoms with Crippen LogP contribution in [-0.4, -0.2) is 15.9 Å². The minimum absolute atomic E-state index is 0.0884. The van der Waals surface area contributed by atoms with Crippen molar-refractivity contribution in [2.24, 2.45) is 0 Å². The number of halogens is 2. The van der Waals surface area contributed by atoms with Gasteiger partial charge in [-0.2, -0.15) is 0 Å². The maximum Gasteiger partial charge on any atom is 0.263 e. The van der Waals surface area contributed by atoms with Crippen molar-refractivity contribution in [2.45, 2.75) is 13.5 Å². The standard InChI is InChI=1S/C17H14F2N4OS/c1-10-15(16(24)21-8-11-4-2-3-5-13(11)19)25-17(22-10)23-14-7-6-12(18)9-20-14/h2-7,9H,8H2,1H3,(H,21,24)(H,20,22,23). The van der Waals surface area contributed by atoms with Gasteiger partial charge in [-0.25, -0.2) is 18.7 Å². The van der Waals surface area contributed by atoms with Gasteiger partial charge in [0.15, 0.2) is 5.13 Å². The zero-order valence-electron chi connectivity index (χ0n) is 13.2. The zero-order chi connectivity index (χ0) is 17.8. The van der Waals surface area contributed by atoms with Gasteiger partial charge in [0.2, 0.25) is 0 Å². The molecule has 3 rings (SSSR count). The molecule has 0 atom stereocenters. The Kier molecular flexibility index (Phi) is 4.99. The molecule has 0 spiro atoms. The second-order valence-corrected chi connectivity index (χ2v) is 6.19. The third-order valence-corrected chi connectivity index (χ3v) is 4.43. The Labute approximate surface area is 146 Å². The summed E-state index contributed by atoms with van der Waals surface area (Å²) in [6, 6.07) is 9.01. The first-order chi connectivity index (χ1) is 12.0. The lowest BCUT2D eigenvalue weighted by atomic mass is 10.2. The molecular weight excluding hydrogens is 346 g/mol. The summed E-state index contributed by atoms with van der Waals surface area (Å²) >= 11 is 1.14. The van der Waals surface area contributed by atoms with Gasteiger partial charge in [0, 0.05) is 12.1 Å². The van der Waals surface area contributed by atoms with E-state index in [1.54, 1.807) is 25.1 Å². The molecule has 0 saturated carbocycles. The first-order valence-electron chi connectivity index (χ1n) is 7.40. The van der Waals surface area contributed by atoms with Crippen molar-refractivity contribution in [1.82, 2.24) is 15.3 Å². The van der Waals surface area contributed by atoms with Crippen LogP contribution < -0.4 is 10.6 Å². The van der Waals surface area contributed by atoms with Crippen LogP contribution in [0.4, 0.5) is 19.7 Å². The molecule has 3 aromatic rings. The van der Waals surface area contributed by atoms with Crippen LogP contribution >= 0.6 is 11.3 Å². The monoisotopic (exact) mass is 360 g/mol. The summed E-state index contributed by atoms with van der Waals surface area (Å²) in [6.45, 7) is 1.79. The van der Waals surface area contributed by atoms with Gasteiger partial charge < -0.3 is 10.6 Å². The third kappa shape index (κ3) is 4.16. The Bertz CT molecular complexity index is 896. The second kappa shape index (κ2) is 7.35.